The Hall–Kier alpha value is -1.38. The molecule has 0 aliphatic heterocycles. The van der Waals surface area contributed by atoms with E-state index in [-0.39, 0.29) is 0 Å². The summed E-state index contributed by atoms with van der Waals surface area (Å²) >= 11 is 0. The number of hydrazine groups is 1. The molecule has 0 heterocycles. The molecule has 0 aliphatic carbocycles. The molecule has 0 atom stereocenters. The predicted octanol–water partition coefficient (Wildman–Crippen LogP) is -0.140. The average molecular weight is 123 g/mol. The molecule has 46 valence electrons. The van der Waals surface area contributed by atoms with Crippen LogP contribution in [0.25, 0.3) is 0 Å². The normalized spacial score (nSPS) is 8.44. The lowest BCUT2D eigenvalue weighted by Crippen LogP contribution is -2.69. The number of para-hydroxylation sites is 1. The Morgan fingerprint density at radius 1 is 1.22 bits per heavy atom. The van der Waals surface area contributed by atoms with Crippen molar-refractivity contribution in [2.45, 2.75) is 0 Å². The van der Waals surface area contributed by atoms with Gasteiger partial charge in [-0.05, 0) is 12.1 Å². The van der Waals surface area contributed by atoms with Crippen LogP contribution in [0.1, 0.15) is 0 Å². The van der Waals surface area contributed by atoms with Crippen molar-refractivity contribution in [3.8, 4) is 0 Å². The van der Waals surface area contributed by atoms with Crippen molar-refractivity contribution in [3.05, 3.63) is 35.2 Å². The number of anilines is 1. The van der Waals surface area contributed by atoms with Gasteiger partial charge in [0.25, 0.3) is 0 Å². The molecule has 0 saturated heterocycles. The molecule has 0 amide bonds. The van der Waals surface area contributed by atoms with Gasteiger partial charge in [-0.3, -0.25) is 0 Å². The first kappa shape index (κ1) is 5.75. The fraction of sp³-hybridized carbons (Fsp3) is 0. The van der Waals surface area contributed by atoms with Gasteiger partial charge >= 0.3 is 0 Å². The highest BCUT2D eigenvalue weighted by Crippen LogP contribution is 2.00. The number of nitrogens with one attached hydrogen (secondary N) is 2. The molecular weight excluding hydrogens is 116 g/mol. The van der Waals surface area contributed by atoms with E-state index in [0.717, 1.165) is 5.69 Å². The van der Waals surface area contributed by atoms with Crippen molar-refractivity contribution in [2.75, 3.05) is 5.43 Å². The summed E-state index contributed by atoms with van der Waals surface area (Å²) in [6.07, 6.45) is 0. The average Bonchev–Trinajstić information content (AvgIpc) is 1.91. The second-order valence-corrected chi connectivity index (χ2v) is 1.59. The quantitative estimate of drug-likeness (QED) is 0.537. The van der Waals surface area contributed by atoms with Crippen molar-refractivity contribution < 1.29 is 5.29 Å². The fourth-order valence-electron chi connectivity index (χ4n) is 0.580. The molecule has 3 heteroatoms. The molecule has 1 aromatic rings. The van der Waals surface area contributed by atoms with Gasteiger partial charge in [-0.15, -0.1) is 5.43 Å². The minimum atomic E-state index is 0.771. The second kappa shape index (κ2) is 2.81. The third-order valence-electron chi connectivity index (χ3n) is 0.969. The maximum absolute atomic E-state index is 9.74. The molecule has 0 bridgehead atoms. The standard InChI is InChI=1S/C6H6N2O/c9-8-7-6-4-2-1-3-5-6/h1-5H,(H,7,9)/p+1. The summed E-state index contributed by atoms with van der Waals surface area (Å²) in [7, 11) is 0. The SMILES string of the molecule is O=[NH+]Nc1ccccc1. The summed E-state index contributed by atoms with van der Waals surface area (Å²) in [5.74, 6) is 0. The van der Waals surface area contributed by atoms with Gasteiger partial charge in [0.2, 0.25) is 0 Å². The largest absolute Gasteiger partial charge is 0.123 e. The van der Waals surface area contributed by atoms with Crippen LogP contribution in [0.4, 0.5) is 5.69 Å². The van der Waals surface area contributed by atoms with E-state index in [1.807, 2.05) is 18.2 Å². The summed E-state index contributed by atoms with van der Waals surface area (Å²) in [5, 5.41) is 1.58. The van der Waals surface area contributed by atoms with Crippen LogP contribution < -0.4 is 10.7 Å². The summed E-state index contributed by atoms with van der Waals surface area (Å²) in [4.78, 5) is 9.74. The first-order valence-corrected chi connectivity index (χ1v) is 2.61. The van der Waals surface area contributed by atoms with Gasteiger partial charge in [-0.1, -0.05) is 18.2 Å². The smallest absolute Gasteiger partial charge is 0.104 e. The second-order valence-electron chi connectivity index (χ2n) is 1.59. The first-order valence-electron chi connectivity index (χ1n) is 2.61. The summed E-state index contributed by atoms with van der Waals surface area (Å²) in [6, 6.07) is 9.17. The third-order valence-corrected chi connectivity index (χ3v) is 0.969. The molecule has 9 heavy (non-hydrogen) atoms. The third kappa shape index (κ3) is 1.53. The minimum absolute atomic E-state index is 0.771. The molecule has 0 aliphatic rings. The lowest BCUT2D eigenvalue weighted by atomic mass is 10.3. The molecule has 1 rings (SSSR count). The monoisotopic (exact) mass is 123 g/mol. The predicted molar refractivity (Wildman–Crippen MR) is 34.4 cm³/mol. The minimum Gasteiger partial charge on any atom is -0.123 e. The van der Waals surface area contributed by atoms with E-state index < -0.39 is 0 Å². The topological polar surface area (TPSA) is 43.1 Å². The Kier molecular flexibility index (Phi) is 1.80. The number of benzene rings is 1. The van der Waals surface area contributed by atoms with Crippen LogP contribution in [-0.4, -0.2) is 0 Å². The van der Waals surface area contributed by atoms with Crippen LogP contribution in [-0.2, 0) is 0 Å². The van der Waals surface area contributed by atoms with Crippen molar-refractivity contribution in [1.82, 2.24) is 0 Å². The molecule has 0 fully saturated rings. The highest BCUT2D eigenvalue weighted by atomic mass is 16.3. The van der Waals surface area contributed by atoms with E-state index in [2.05, 4.69) is 5.43 Å². The summed E-state index contributed by atoms with van der Waals surface area (Å²) in [5.41, 5.74) is 3.17. The number of hydrogen-bond acceptors (Lipinski definition) is 1. The van der Waals surface area contributed by atoms with E-state index in [1.165, 1.54) is 0 Å². The Bertz CT molecular complexity index is 186. The van der Waals surface area contributed by atoms with Gasteiger partial charge in [0.1, 0.15) is 11.0 Å². The van der Waals surface area contributed by atoms with Crippen molar-refractivity contribution in [3.63, 3.8) is 0 Å². The summed E-state index contributed by atoms with van der Waals surface area (Å²) in [6.45, 7) is 0. The molecule has 3 nitrogen and oxygen atoms in total. The van der Waals surface area contributed by atoms with Gasteiger partial charge < -0.3 is 0 Å². The van der Waals surface area contributed by atoms with Crippen LogP contribution in [0.3, 0.4) is 0 Å². The zero-order valence-electron chi connectivity index (χ0n) is 4.79. The van der Waals surface area contributed by atoms with Crippen molar-refractivity contribution in [2.24, 2.45) is 0 Å². The van der Waals surface area contributed by atoms with Gasteiger partial charge in [-0.25, -0.2) is 0 Å². The molecule has 1 aromatic carbocycles. The zero-order valence-corrected chi connectivity index (χ0v) is 4.79. The summed E-state index contributed by atoms with van der Waals surface area (Å²) < 4.78 is 0. The molecule has 0 unspecified atom stereocenters. The van der Waals surface area contributed by atoms with Crippen LogP contribution in [0.15, 0.2) is 30.3 Å². The van der Waals surface area contributed by atoms with E-state index in [1.54, 1.807) is 17.4 Å². The Morgan fingerprint density at radius 3 is 2.44 bits per heavy atom. The lowest BCUT2D eigenvalue weighted by molar-refractivity contribution is -0.443. The Morgan fingerprint density at radius 2 is 1.89 bits per heavy atom. The Labute approximate surface area is 52.6 Å². The van der Waals surface area contributed by atoms with E-state index in [4.69, 9.17) is 0 Å². The maximum atomic E-state index is 9.74. The van der Waals surface area contributed by atoms with E-state index in [0.29, 0.717) is 0 Å². The van der Waals surface area contributed by atoms with Crippen LogP contribution in [0.5, 0.6) is 0 Å². The first-order chi connectivity index (χ1) is 4.43. The van der Waals surface area contributed by atoms with Gasteiger partial charge in [0.15, 0.2) is 0 Å². The zero-order chi connectivity index (χ0) is 6.53. The fourth-order valence-corrected chi connectivity index (χ4v) is 0.580. The highest BCUT2D eigenvalue weighted by Gasteiger charge is 1.86. The molecule has 0 spiro atoms. The van der Waals surface area contributed by atoms with E-state index >= 15 is 0 Å². The van der Waals surface area contributed by atoms with E-state index in [9.17, 15) is 4.91 Å². The van der Waals surface area contributed by atoms with Gasteiger partial charge in [0.05, 0.1) is 0 Å². The molecule has 0 saturated carbocycles. The van der Waals surface area contributed by atoms with Crippen LogP contribution in [0, 0.1) is 4.91 Å². The molecule has 0 radical (unpaired) electrons. The number of hydrogen-bond donors (Lipinski definition) is 2. The molecule has 0 aromatic heterocycles. The lowest BCUT2D eigenvalue weighted by Gasteiger charge is -1.87. The Balaban J connectivity index is 2.72. The van der Waals surface area contributed by atoms with Crippen LogP contribution in [0.2, 0.25) is 0 Å². The van der Waals surface area contributed by atoms with Gasteiger partial charge in [0, 0.05) is 4.91 Å². The van der Waals surface area contributed by atoms with Gasteiger partial charge in [-0.2, -0.15) is 0 Å². The number of nitroso groups, excluding NO2 is 1. The highest BCUT2D eigenvalue weighted by molar-refractivity contribution is 5.39. The van der Waals surface area contributed by atoms with Crippen LogP contribution >= 0.6 is 0 Å². The molecular formula is C6H7N2O+. The van der Waals surface area contributed by atoms with Crippen molar-refractivity contribution in [1.29, 1.82) is 0 Å². The molecule has 2 N–H and O–H groups in total. The maximum Gasteiger partial charge on any atom is 0.104 e. The number of rotatable bonds is 2. The van der Waals surface area contributed by atoms with Crippen molar-refractivity contribution >= 4 is 5.69 Å².